The summed E-state index contributed by atoms with van der Waals surface area (Å²) < 4.78 is 0. The van der Waals surface area contributed by atoms with Crippen molar-refractivity contribution in [1.82, 2.24) is 10.2 Å². The van der Waals surface area contributed by atoms with Gasteiger partial charge in [-0.2, -0.15) is 0 Å². The number of phenols is 1. The molecule has 0 aliphatic carbocycles. The number of urea groups is 1. The van der Waals surface area contributed by atoms with Gasteiger partial charge in [0.1, 0.15) is 5.75 Å². The van der Waals surface area contributed by atoms with E-state index in [9.17, 15) is 15.0 Å². The third-order valence-electron chi connectivity index (χ3n) is 4.24. The maximum atomic E-state index is 12.2. The summed E-state index contributed by atoms with van der Waals surface area (Å²) in [6.45, 7) is 3.58. The standard InChI is InChI=1S/C17H26N2O3/c1-13(4-5-14-6-8-16(21)9-7-14)18-17(22)19-10-2-3-15(11-19)12-20/h6-9,13,15,20-21H,2-5,10-12H2,1H3,(H,18,22). The van der Waals surface area contributed by atoms with Crippen molar-refractivity contribution in [3.8, 4) is 5.75 Å². The lowest BCUT2D eigenvalue weighted by molar-refractivity contribution is 0.128. The normalized spacial score (nSPS) is 19.7. The van der Waals surface area contributed by atoms with Gasteiger partial charge in [0.15, 0.2) is 0 Å². The van der Waals surface area contributed by atoms with Gasteiger partial charge in [-0.05, 0) is 56.2 Å². The lowest BCUT2D eigenvalue weighted by atomic mass is 9.99. The van der Waals surface area contributed by atoms with Crippen molar-refractivity contribution < 1.29 is 15.0 Å². The zero-order valence-corrected chi connectivity index (χ0v) is 13.2. The van der Waals surface area contributed by atoms with E-state index in [1.165, 1.54) is 0 Å². The van der Waals surface area contributed by atoms with Crippen molar-refractivity contribution in [2.75, 3.05) is 19.7 Å². The number of rotatable bonds is 5. The Morgan fingerprint density at radius 1 is 1.41 bits per heavy atom. The van der Waals surface area contributed by atoms with E-state index in [0.717, 1.165) is 37.8 Å². The summed E-state index contributed by atoms with van der Waals surface area (Å²) in [6.07, 6.45) is 3.67. The summed E-state index contributed by atoms with van der Waals surface area (Å²) >= 11 is 0. The van der Waals surface area contributed by atoms with E-state index in [1.54, 1.807) is 17.0 Å². The Balaban J connectivity index is 1.75. The number of amides is 2. The van der Waals surface area contributed by atoms with Crippen molar-refractivity contribution in [2.45, 2.75) is 38.6 Å². The van der Waals surface area contributed by atoms with E-state index in [4.69, 9.17) is 0 Å². The van der Waals surface area contributed by atoms with Crippen LogP contribution in [0.4, 0.5) is 4.79 Å². The van der Waals surface area contributed by atoms with Crippen LogP contribution >= 0.6 is 0 Å². The lowest BCUT2D eigenvalue weighted by Gasteiger charge is -2.32. The third kappa shape index (κ3) is 4.91. The van der Waals surface area contributed by atoms with Crippen molar-refractivity contribution in [3.63, 3.8) is 0 Å². The number of carbonyl (C=O) groups is 1. The van der Waals surface area contributed by atoms with Crippen LogP contribution in [0.15, 0.2) is 24.3 Å². The fourth-order valence-electron chi connectivity index (χ4n) is 2.82. The predicted octanol–water partition coefficient (Wildman–Crippen LogP) is 2.13. The molecular weight excluding hydrogens is 280 g/mol. The molecule has 5 nitrogen and oxygen atoms in total. The molecule has 0 radical (unpaired) electrons. The molecule has 0 saturated carbocycles. The molecule has 1 heterocycles. The molecule has 0 spiro atoms. The summed E-state index contributed by atoms with van der Waals surface area (Å²) in [5, 5.41) is 21.5. The molecule has 22 heavy (non-hydrogen) atoms. The van der Waals surface area contributed by atoms with E-state index in [2.05, 4.69) is 5.32 Å². The second-order valence-corrected chi connectivity index (χ2v) is 6.19. The molecule has 3 N–H and O–H groups in total. The number of benzene rings is 1. The molecule has 2 amide bonds. The molecule has 2 unspecified atom stereocenters. The summed E-state index contributed by atoms with van der Waals surface area (Å²) in [6, 6.07) is 7.23. The average molecular weight is 306 g/mol. The van der Waals surface area contributed by atoms with Gasteiger partial charge in [-0.1, -0.05) is 12.1 Å². The summed E-state index contributed by atoms with van der Waals surface area (Å²) in [7, 11) is 0. The Kier molecular flexibility index (Phi) is 6.07. The lowest BCUT2D eigenvalue weighted by Crippen LogP contribution is -2.48. The van der Waals surface area contributed by atoms with Crippen LogP contribution < -0.4 is 5.32 Å². The zero-order valence-electron chi connectivity index (χ0n) is 13.2. The van der Waals surface area contributed by atoms with Gasteiger partial charge in [-0.3, -0.25) is 0 Å². The van der Waals surface area contributed by atoms with E-state index < -0.39 is 0 Å². The number of hydrogen-bond acceptors (Lipinski definition) is 3. The molecule has 0 aromatic heterocycles. The van der Waals surface area contributed by atoms with Crippen LogP contribution in [-0.2, 0) is 6.42 Å². The number of nitrogens with zero attached hydrogens (tertiary/aromatic N) is 1. The smallest absolute Gasteiger partial charge is 0.317 e. The van der Waals surface area contributed by atoms with Gasteiger partial charge in [0.25, 0.3) is 0 Å². The minimum atomic E-state index is -0.0312. The van der Waals surface area contributed by atoms with Crippen molar-refractivity contribution in [2.24, 2.45) is 5.92 Å². The highest BCUT2D eigenvalue weighted by molar-refractivity contribution is 5.74. The van der Waals surface area contributed by atoms with Gasteiger partial charge < -0.3 is 20.4 Å². The van der Waals surface area contributed by atoms with Crippen molar-refractivity contribution in [3.05, 3.63) is 29.8 Å². The Bertz CT molecular complexity index is 475. The van der Waals surface area contributed by atoms with Crippen LogP contribution in [0, 0.1) is 5.92 Å². The Morgan fingerprint density at radius 2 is 2.14 bits per heavy atom. The Morgan fingerprint density at radius 3 is 2.82 bits per heavy atom. The largest absolute Gasteiger partial charge is 0.508 e. The minimum Gasteiger partial charge on any atom is -0.508 e. The van der Waals surface area contributed by atoms with Crippen LogP contribution in [0.5, 0.6) is 5.75 Å². The monoisotopic (exact) mass is 306 g/mol. The first-order chi connectivity index (χ1) is 10.6. The summed E-state index contributed by atoms with van der Waals surface area (Å²) in [4.78, 5) is 14.0. The highest BCUT2D eigenvalue weighted by Gasteiger charge is 2.23. The fraction of sp³-hybridized carbons (Fsp3) is 0.588. The Labute approximate surface area is 131 Å². The molecule has 2 atom stereocenters. The van der Waals surface area contributed by atoms with E-state index >= 15 is 0 Å². The number of aliphatic hydroxyl groups excluding tert-OH is 1. The zero-order chi connectivity index (χ0) is 15.9. The number of piperidine rings is 1. The number of nitrogens with one attached hydrogen (secondary N) is 1. The number of carbonyl (C=O) groups excluding carboxylic acids is 1. The minimum absolute atomic E-state index is 0.0312. The number of aryl methyl sites for hydroxylation is 1. The molecule has 1 aliphatic heterocycles. The first kappa shape index (κ1) is 16.6. The summed E-state index contributed by atoms with van der Waals surface area (Å²) in [5.74, 6) is 0.487. The van der Waals surface area contributed by atoms with Gasteiger partial charge in [-0.25, -0.2) is 4.79 Å². The van der Waals surface area contributed by atoms with Gasteiger partial charge in [0.2, 0.25) is 0 Å². The first-order valence-electron chi connectivity index (χ1n) is 8.02. The third-order valence-corrected chi connectivity index (χ3v) is 4.24. The van der Waals surface area contributed by atoms with Crippen LogP contribution in [-0.4, -0.2) is 46.9 Å². The molecular formula is C17H26N2O3. The molecule has 1 aliphatic rings. The molecule has 1 aromatic carbocycles. The molecule has 1 fully saturated rings. The molecule has 5 heteroatoms. The molecule has 122 valence electrons. The van der Waals surface area contributed by atoms with Crippen LogP contribution in [0.2, 0.25) is 0 Å². The maximum absolute atomic E-state index is 12.2. The van der Waals surface area contributed by atoms with Crippen molar-refractivity contribution >= 4 is 6.03 Å². The predicted molar refractivity (Wildman–Crippen MR) is 85.8 cm³/mol. The number of aromatic hydroxyl groups is 1. The molecule has 1 saturated heterocycles. The van der Waals surface area contributed by atoms with Gasteiger partial charge in [0.05, 0.1) is 0 Å². The average Bonchev–Trinajstić information content (AvgIpc) is 2.54. The number of phenolic OH excluding ortho intramolecular Hbond substituents is 1. The van der Waals surface area contributed by atoms with E-state index in [0.29, 0.717) is 6.54 Å². The maximum Gasteiger partial charge on any atom is 0.317 e. The van der Waals surface area contributed by atoms with Crippen molar-refractivity contribution in [1.29, 1.82) is 0 Å². The number of likely N-dealkylation sites (tertiary alicyclic amines) is 1. The Hall–Kier alpha value is -1.75. The first-order valence-corrected chi connectivity index (χ1v) is 8.02. The van der Waals surface area contributed by atoms with Crippen LogP contribution in [0.25, 0.3) is 0 Å². The van der Waals surface area contributed by atoms with Gasteiger partial charge in [0, 0.05) is 25.7 Å². The van der Waals surface area contributed by atoms with Crippen LogP contribution in [0.1, 0.15) is 31.7 Å². The van der Waals surface area contributed by atoms with Gasteiger partial charge in [-0.15, -0.1) is 0 Å². The molecule has 1 aromatic rings. The fourth-order valence-corrected chi connectivity index (χ4v) is 2.82. The second kappa shape index (κ2) is 8.03. The summed E-state index contributed by atoms with van der Waals surface area (Å²) in [5.41, 5.74) is 1.15. The second-order valence-electron chi connectivity index (χ2n) is 6.19. The number of aliphatic hydroxyl groups is 1. The highest BCUT2D eigenvalue weighted by atomic mass is 16.3. The molecule has 2 rings (SSSR count). The van der Waals surface area contributed by atoms with Gasteiger partial charge >= 0.3 is 6.03 Å². The number of hydrogen-bond donors (Lipinski definition) is 3. The molecule has 0 bridgehead atoms. The van der Waals surface area contributed by atoms with E-state index in [-0.39, 0.29) is 30.3 Å². The topological polar surface area (TPSA) is 72.8 Å². The quantitative estimate of drug-likeness (QED) is 0.780. The highest BCUT2D eigenvalue weighted by Crippen LogP contribution is 2.16. The SMILES string of the molecule is CC(CCc1ccc(O)cc1)NC(=O)N1CCCC(CO)C1. The van der Waals surface area contributed by atoms with Crippen LogP contribution in [0.3, 0.4) is 0 Å². The van der Waals surface area contributed by atoms with E-state index in [1.807, 2.05) is 19.1 Å².